The van der Waals surface area contributed by atoms with Crippen molar-refractivity contribution in [3.63, 3.8) is 0 Å². The van der Waals surface area contributed by atoms with Crippen LogP contribution in [0.15, 0.2) is 63.9 Å². The Hall–Kier alpha value is -1.79. The van der Waals surface area contributed by atoms with Crippen molar-refractivity contribution in [1.29, 1.82) is 0 Å². The summed E-state index contributed by atoms with van der Waals surface area (Å²) in [5.74, 6) is 0.599. The molecule has 2 aromatic heterocycles. The second-order valence-electron chi connectivity index (χ2n) is 5.59. The van der Waals surface area contributed by atoms with E-state index in [-0.39, 0.29) is 5.56 Å². The first-order valence-corrected chi connectivity index (χ1v) is 10.4. The first-order valence-electron chi connectivity index (χ1n) is 7.75. The van der Waals surface area contributed by atoms with Crippen molar-refractivity contribution in [2.75, 3.05) is 0 Å². The van der Waals surface area contributed by atoms with Gasteiger partial charge in [0.1, 0.15) is 4.83 Å². The summed E-state index contributed by atoms with van der Waals surface area (Å²) >= 11 is 15.0. The van der Waals surface area contributed by atoms with E-state index in [1.165, 1.54) is 23.1 Å². The number of rotatable bonds is 4. The van der Waals surface area contributed by atoms with Gasteiger partial charge in [-0.05, 0) is 23.3 Å². The van der Waals surface area contributed by atoms with Gasteiger partial charge in [0, 0.05) is 26.7 Å². The number of hydrogen-bond donors (Lipinski definition) is 1. The van der Waals surface area contributed by atoms with E-state index in [2.05, 4.69) is 9.97 Å². The van der Waals surface area contributed by atoms with Crippen LogP contribution in [0.3, 0.4) is 0 Å². The van der Waals surface area contributed by atoms with E-state index in [0.29, 0.717) is 26.3 Å². The van der Waals surface area contributed by atoms with Gasteiger partial charge >= 0.3 is 0 Å². The van der Waals surface area contributed by atoms with Crippen molar-refractivity contribution in [1.82, 2.24) is 9.97 Å². The van der Waals surface area contributed by atoms with Crippen LogP contribution in [0.4, 0.5) is 0 Å². The summed E-state index contributed by atoms with van der Waals surface area (Å²) in [5.41, 5.74) is 2.75. The van der Waals surface area contributed by atoms with Crippen molar-refractivity contribution >= 4 is 56.5 Å². The molecule has 2 heterocycles. The van der Waals surface area contributed by atoms with Gasteiger partial charge in [0.05, 0.1) is 5.39 Å². The molecule has 2 aromatic carbocycles. The summed E-state index contributed by atoms with van der Waals surface area (Å²) in [6.07, 6.45) is 0. The highest BCUT2D eigenvalue weighted by molar-refractivity contribution is 7.98. The van der Waals surface area contributed by atoms with E-state index in [4.69, 9.17) is 23.2 Å². The Morgan fingerprint density at radius 2 is 1.92 bits per heavy atom. The Morgan fingerprint density at radius 3 is 2.69 bits per heavy atom. The highest BCUT2D eigenvalue weighted by Crippen LogP contribution is 2.32. The van der Waals surface area contributed by atoms with Gasteiger partial charge in [-0.25, -0.2) is 4.98 Å². The highest BCUT2D eigenvalue weighted by atomic mass is 35.5. The number of hydrogen-bond acceptors (Lipinski definition) is 4. The lowest BCUT2D eigenvalue weighted by molar-refractivity contribution is 0.980. The number of thioether (sulfide) groups is 1. The van der Waals surface area contributed by atoms with E-state index in [1.54, 1.807) is 12.1 Å². The molecule has 0 atom stereocenters. The van der Waals surface area contributed by atoms with E-state index < -0.39 is 0 Å². The molecule has 0 spiro atoms. The zero-order valence-corrected chi connectivity index (χ0v) is 16.5. The Bertz CT molecular complexity index is 1140. The Balaban J connectivity index is 1.65. The van der Waals surface area contributed by atoms with E-state index in [0.717, 1.165) is 21.5 Å². The molecule has 3 nitrogen and oxygen atoms in total. The zero-order chi connectivity index (χ0) is 18.1. The number of nitrogens with one attached hydrogen (secondary N) is 1. The zero-order valence-electron chi connectivity index (χ0n) is 13.3. The summed E-state index contributed by atoms with van der Waals surface area (Å²) in [6.45, 7) is 0. The molecule has 4 aromatic rings. The smallest absolute Gasteiger partial charge is 0.260 e. The molecule has 0 radical (unpaired) electrons. The molecule has 0 saturated carbocycles. The predicted molar refractivity (Wildman–Crippen MR) is 112 cm³/mol. The van der Waals surface area contributed by atoms with Crippen LogP contribution in [-0.2, 0) is 5.75 Å². The fourth-order valence-electron chi connectivity index (χ4n) is 2.61. The van der Waals surface area contributed by atoms with Crippen LogP contribution < -0.4 is 5.56 Å². The summed E-state index contributed by atoms with van der Waals surface area (Å²) in [6, 6.07) is 15.3. The van der Waals surface area contributed by atoms with Crippen molar-refractivity contribution in [3.8, 4) is 11.1 Å². The first-order chi connectivity index (χ1) is 12.6. The molecule has 0 saturated heterocycles. The molecule has 0 aliphatic rings. The number of aromatic nitrogens is 2. The van der Waals surface area contributed by atoms with Crippen LogP contribution >= 0.6 is 46.3 Å². The van der Waals surface area contributed by atoms with E-state index in [1.807, 2.05) is 41.8 Å². The molecule has 0 bridgehead atoms. The second kappa shape index (κ2) is 7.45. The molecule has 130 valence electrons. The van der Waals surface area contributed by atoms with Gasteiger partial charge in [0.25, 0.3) is 5.56 Å². The quantitative estimate of drug-likeness (QED) is 0.314. The van der Waals surface area contributed by atoms with Crippen molar-refractivity contribution in [2.24, 2.45) is 0 Å². The topological polar surface area (TPSA) is 45.8 Å². The molecule has 0 aliphatic heterocycles. The van der Waals surface area contributed by atoms with E-state index in [9.17, 15) is 4.79 Å². The van der Waals surface area contributed by atoms with Crippen LogP contribution in [0.5, 0.6) is 0 Å². The molecule has 1 N–H and O–H groups in total. The standard InChI is InChI=1S/C19H12Cl2N2OS2/c20-13-7-6-12(15(21)8-13)9-26-19-22-17(24)16-14(10-25-18(16)23-19)11-4-2-1-3-5-11/h1-8,10H,9H2,(H,22,23,24). The minimum absolute atomic E-state index is 0.125. The second-order valence-corrected chi connectivity index (χ2v) is 8.26. The maximum atomic E-state index is 12.6. The van der Waals surface area contributed by atoms with Gasteiger partial charge in [-0.2, -0.15) is 0 Å². The molecule has 26 heavy (non-hydrogen) atoms. The van der Waals surface area contributed by atoms with Gasteiger partial charge < -0.3 is 4.98 Å². The molecule has 0 unspecified atom stereocenters. The fraction of sp³-hybridized carbons (Fsp3) is 0.0526. The molecule has 7 heteroatoms. The summed E-state index contributed by atoms with van der Waals surface area (Å²) in [4.78, 5) is 20.8. The lowest BCUT2D eigenvalue weighted by atomic mass is 10.1. The van der Waals surface area contributed by atoms with Crippen molar-refractivity contribution in [2.45, 2.75) is 10.9 Å². The maximum Gasteiger partial charge on any atom is 0.260 e. The van der Waals surface area contributed by atoms with Gasteiger partial charge in [-0.15, -0.1) is 11.3 Å². The summed E-state index contributed by atoms with van der Waals surface area (Å²) in [7, 11) is 0. The Kier molecular flexibility index (Phi) is 5.05. The molecular formula is C19H12Cl2N2OS2. The largest absolute Gasteiger partial charge is 0.301 e. The molecular weight excluding hydrogens is 407 g/mol. The number of nitrogens with zero attached hydrogens (tertiary/aromatic N) is 1. The Labute approximate surface area is 168 Å². The maximum absolute atomic E-state index is 12.6. The molecule has 0 aliphatic carbocycles. The molecule has 0 amide bonds. The summed E-state index contributed by atoms with van der Waals surface area (Å²) < 4.78 is 0. The monoisotopic (exact) mass is 418 g/mol. The number of halogens is 2. The van der Waals surface area contributed by atoms with Gasteiger partial charge in [0.2, 0.25) is 0 Å². The lowest BCUT2D eigenvalue weighted by Gasteiger charge is -2.05. The van der Waals surface area contributed by atoms with Crippen LogP contribution in [0, 0.1) is 0 Å². The minimum Gasteiger partial charge on any atom is -0.301 e. The average Bonchev–Trinajstić information content (AvgIpc) is 3.06. The van der Waals surface area contributed by atoms with Crippen molar-refractivity contribution < 1.29 is 0 Å². The third kappa shape index (κ3) is 3.53. The minimum atomic E-state index is -0.125. The summed E-state index contributed by atoms with van der Waals surface area (Å²) in [5, 5.41) is 4.40. The van der Waals surface area contributed by atoms with Gasteiger partial charge in [-0.1, -0.05) is 71.4 Å². The first kappa shape index (κ1) is 17.6. The van der Waals surface area contributed by atoms with Gasteiger partial charge in [0.15, 0.2) is 5.16 Å². The molecule has 4 rings (SSSR count). The van der Waals surface area contributed by atoms with Crippen LogP contribution in [0.1, 0.15) is 5.56 Å². The van der Waals surface area contributed by atoms with Crippen molar-refractivity contribution in [3.05, 3.63) is 79.9 Å². The van der Waals surface area contributed by atoms with E-state index >= 15 is 0 Å². The molecule has 0 fully saturated rings. The number of benzene rings is 2. The normalized spacial score (nSPS) is 11.2. The van der Waals surface area contributed by atoms with Crippen LogP contribution in [0.25, 0.3) is 21.3 Å². The van der Waals surface area contributed by atoms with Gasteiger partial charge in [-0.3, -0.25) is 4.79 Å². The third-order valence-corrected chi connectivity index (χ3v) is 6.27. The SMILES string of the molecule is O=c1[nH]c(SCc2ccc(Cl)cc2Cl)nc2scc(-c3ccccc3)c12. The number of H-pyrrole nitrogens is 1. The number of aromatic amines is 1. The lowest BCUT2D eigenvalue weighted by Crippen LogP contribution is -2.08. The third-order valence-electron chi connectivity index (χ3n) is 3.89. The highest BCUT2D eigenvalue weighted by Gasteiger charge is 2.13. The predicted octanol–water partition coefficient (Wildman–Crippen LogP) is 6.25. The number of fused-ring (bicyclic) bond motifs is 1. The van der Waals surface area contributed by atoms with Crippen LogP contribution in [-0.4, -0.2) is 9.97 Å². The van der Waals surface area contributed by atoms with Crippen LogP contribution in [0.2, 0.25) is 10.0 Å². The number of thiophene rings is 1. The fourth-order valence-corrected chi connectivity index (χ4v) is 5.04. The average molecular weight is 419 g/mol. The Morgan fingerprint density at radius 1 is 1.12 bits per heavy atom.